The average molecular weight is 404 g/mol. The van der Waals surface area contributed by atoms with E-state index in [1.54, 1.807) is 6.20 Å². The van der Waals surface area contributed by atoms with Crippen LogP contribution in [-0.2, 0) is 16.6 Å². The Labute approximate surface area is 160 Å². The molecule has 0 radical (unpaired) electrons. The fourth-order valence-corrected chi connectivity index (χ4v) is 4.17. The van der Waals surface area contributed by atoms with Crippen LogP contribution in [0.15, 0.2) is 53.0 Å². The zero-order valence-electron chi connectivity index (χ0n) is 14.2. The topological polar surface area (TPSA) is 124 Å². The van der Waals surface area contributed by atoms with E-state index in [1.807, 2.05) is 17.5 Å². The molecule has 0 atom stereocenters. The van der Waals surface area contributed by atoms with E-state index in [1.165, 1.54) is 42.8 Å². The smallest absolute Gasteiger partial charge is 0.252 e. The van der Waals surface area contributed by atoms with Crippen molar-refractivity contribution < 1.29 is 17.9 Å². The molecule has 0 spiro atoms. The lowest BCUT2D eigenvalue weighted by atomic mass is 10.2. The quantitative estimate of drug-likeness (QED) is 0.619. The molecule has 27 heavy (non-hydrogen) atoms. The van der Waals surface area contributed by atoms with Gasteiger partial charge in [-0.2, -0.15) is 0 Å². The molecule has 0 saturated heterocycles. The number of sulfonamides is 1. The molecule has 0 saturated carbocycles. The minimum atomic E-state index is -3.90. The lowest BCUT2D eigenvalue weighted by molar-refractivity contribution is 0.0997. The van der Waals surface area contributed by atoms with Crippen LogP contribution in [0.2, 0.25) is 0 Å². The second kappa shape index (κ2) is 7.82. The number of nitrogens with zero attached hydrogens (tertiary/aromatic N) is 2. The second-order valence-electron chi connectivity index (χ2n) is 5.38. The third-order valence-electron chi connectivity index (χ3n) is 3.70. The van der Waals surface area contributed by atoms with Crippen molar-refractivity contribution in [3.8, 4) is 16.3 Å². The molecule has 0 aliphatic heterocycles. The van der Waals surface area contributed by atoms with E-state index in [2.05, 4.69) is 14.7 Å². The van der Waals surface area contributed by atoms with E-state index < -0.39 is 15.9 Å². The van der Waals surface area contributed by atoms with Gasteiger partial charge in [-0.05, 0) is 29.6 Å². The lowest BCUT2D eigenvalue weighted by Crippen LogP contribution is -2.25. The summed E-state index contributed by atoms with van der Waals surface area (Å²) >= 11 is 1.48. The Balaban J connectivity index is 1.87. The standard InChI is InChI=1S/C17H16N4O4S2/c1-25-14-5-4-11(9-12(14)17(18)22)27(23,24)21-10-13-16(20-7-6-19-13)15-3-2-8-26-15/h2-9,21H,10H2,1H3,(H2,18,22). The average Bonchev–Trinajstić information content (AvgIpc) is 3.20. The Morgan fingerprint density at radius 2 is 2.04 bits per heavy atom. The number of primary amides is 1. The number of ether oxygens (including phenoxy) is 1. The number of aromatic nitrogens is 2. The summed E-state index contributed by atoms with van der Waals surface area (Å²) < 4.78 is 32.8. The van der Waals surface area contributed by atoms with Gasteiger partial charge >= 0.3 is 0 Å². The van der Waals surface area contributed by atoms with Crippen LogP contribution >= 0.6 is 11.3 Å². The third-order valence-corrected chi connectivity index (χ3v) is 5.98. The van der Waals surface area contributed by atoms with Gasteiger partial charge in [-0.3, -0.25) is 14.8 Å². The second-order valence-corrected chi connectivity index (χ2v) is 8.09. The van der Waals surface area contributed by atoms with Gasteiger partial charge in [-0.25, -0.2) is 13.1 Å². The predicted molar refractivity (Wildman–Crippen MR) is 101 cm³/mol. The van der Waals surface area contributed by atoms with Crippen molar-refractivity contribution in [1.29, 1.82) is 0 Å². The molecule has 1 amide bonds. The zero-order chi connectivity index (χ0) is 19.4. The number of nitrogens with one attached hydrogen (secondary N) is 1. The van der Waals surface area contributed by atoms with Crippen LogP contribution < -0.4 is 15.2 Å². The Morgan fingerprint density at radius 3 is 2.70 bits per heavy atom. The van der Waals surface area contributed by atoms with E-state index in [4.69, 9.17) is 10.5 Å². The van der Waals surface area contributed by atoms with E-state index >= 15 is 0 Å². The van der Waals surface area contributed by atoms with Crippen molar-refractivity contribution in [2.45, 2.75) is 11.4 Å². The van der Waals surface area contributed by atoms with Gasteiger partial charge in [0, 0.05) is 12.4 Å². The number of nitrogens with two attached hydrogens (primary N) is 1. The molecule has 2 aromatic heterocycles. The largest absolute Gasteiger partial charge is 0.496 e. The van der Waals surface area contributed by atoms with Crippen LogP contribution in [0.5, 0.6) is 5.75 Å². The molecule has 8 nitrogen and oxygen atoms in total. The molecule has 3 rings (SSSR count). The van der Waals surface area contributed by atoms with Crippen LogP contribution in [0.25, 0.3) is 10.6 Å². The van der Waals surface area contributed by atoms with Gasteiger partial charge in [0.05, 0.1) is 34.7 Å². The summed E-state index contributed by atoms with van der Waals surface area (Å²) in [6, 6.07) is 7.67. The highest BCUT2D eigenvalue weighted by atomic mass is 32.2. The first-order valence-corrected chi connectivity index (χ1v) is 10.1. The normalized spacial score (nSPS) is 11.3. The van der Waals surface area contributed by atoms with Crippen LogP contribution in [-0.4, -0.2) is 31.4 Å². The number of benzene rings is 1. The summed E-state index contributed by atoms with van der Waals surface area (Å²) in [6.45, 7) is -0.0542. The highest BCUT2D eigenvalue weighted by Crippen LogP contribution is 2.25. The highest BCUT2D eigenvalue weighted by Gasteiger charge is 2.20. The Morgan fingerprint density at radius 1 is 1.26 bits per heavy atom. The molecular formula is C17H16N4O4S2. The van der Waals surface area contributed by atoms with Gasteiger partial charge in [0.25, 0.3) is 5.91 Å². The predicted octanol–water partition coefficient (Wildman–Crippen LogP) is 1.79. The number of carbonyl (C=O) groups excluding carboxylic acids is 1. The summed E-state index contributed by atoms with van der Waals surface area (Å²) in [7, 11) is -2.53. The Hall–Kier alpha value is -2.82. The van der Waals surface area contributed by atoms with Crippen LogP contribution in [0.1, 0.15) is 16.1 Å². The number of rotatable bonds is 7. The fraction of sp³-hybridized carbons (Fsp3) is 0.118. The number of carbonyl (C=O) groups is 1. The van der Waals surface area contributed by atoms with Crippen molar-refractivity contribution in [1.82, 2.24) is 14.7 Å². The lowest BCUT2D eigenvalue weighted by Gasteiger charge is -2.11. The molecule has 0 fully saturated rings. The highest BCUT2D eigenvalue weighted by molar-refractivity contribution is 7.89. The SMILES string of the molecule is COc1ccc(S(=O)(=O)NCc2nccnc2-c2cccs2)cc1C(N)=O. The zero-order valence-corrected chi connectivity index (χ0v) is 15.9. The van der Waals surface area contributed by atoms with Crippen molar-refractivity contribution >= 4 is 27.3 Å². The van der Waals surface area contributed by atoms with E-state index in [0.29, 0.717) is 11.4 Å². The molecule has 0 unspecified atom stereocenters. The van der Waals surface area contributed by atoms with E-state index in [9.17, 15) is 13.2 Å². The summed E-state index contributed by atoms with van der Waals surface area (Å²) in [5.74, 6) is -0.576. The Kier molecular flexibility index (Phi) is 5.49. The maximum absolute atomic E-state index is 12.6. The number of amides is 1. The number of hydrogen-bond donors (Lipinski definition) is 2. The minimum Gasteiger partial charge on any atom is -0.496 e. The molecule has 0 aliphatic carbocycles. The summed E-state index contributed by atoms with van der Waals surface area (Å²) in [6.07, 6.45) is 3.05. The minimum absolute atomic E-state index is 0.0147. The summed E-state index contributed by atoms with van der Waals surface area (Å²) in [5.41, 5.74) is 6.38. The molecule has 0 bridgehead atoms. The number of methoxy groups -OCH3 is 1. The first-order valence-electron chi connectivity index (χ1n) is 7.73. The van der Waals surface area contributed by atoms with Crippen LogP contribution in [0.3, 0.4) is 0 Å². The Bertz CT molecular complexity index is 1070. The van der Waals surface area contributed by atoms with E-state index in [0.717, 1.165) is 4.88 Å². The van der Waals surface area contributed by atoms with Crippen molar-refractivity contribution in [2.75, 3.05) is 7.11 Å². The maximum atomic E-state index is 12.6. The summed E-state index contributed by atoms with van der Waals surface area (Å²) in [4.78, 5) is 20.8. The van der Waals surface area contributed by atoms with Crippen LogP contribution in [0.4, 0.5) is 0 Å². The molecule has 140 valence electrons. The molecule has 0 aliphatic rings. The van der Waals surface area contributed by atoms with Crippen molar-refractivity contribution in [2.24, 2.45) is 5.73 Å². The molecule has 3 N–H and O–H groups in total. The molecule has 2 heterocycles. The summed E-state index contributed by atoms with van der Waals surface area (Å²) in [5, 5.41) is 1.90. The number of hydrogen-bond acceptors (Lipinski definition) is 7. The third kappa shape index (κ3) is 4.13. The van der Waals surface area contributed by atoms with E-state index in [-0.39, 0.29) is 22.8 Å². The number of thiophene rings is 1. The van der Waals surface area contributed by atoms with Crippen LogP contribution in [0, 0.1) is 0 Å². The molecule has 1 aromatic carbocycles. The molecule has 10 heteroatoms. The van der Waals surface area contributed by atoms with Gasteiger partial charge in [0.1, 0.15) is 11.4 Å². The molecule has 3 aromatic rings. The first kappa shape index (κ1) is 19.0. The van der Waals surface area contributed by atoms with Crippen molar-refractivity contribution in [3.05, 3.63) is 59.4 Å². The van der Waals surface area contributed by atoms with Gasteiger partial charge in [-0.1, -0.05) is 6.07 Å². The van der Waals surface area contributed by atoms with Gasteiger partial charge < -0.3 is 10.5 Å². The van der Waals surface area contributed by atoms with Crippen molar-refractivity contribution in [3.63, 3.8) is 0 Å². The van der Waals surface area contributed by atoms with Gasteiger partial charge in [0.15, 0.2) is 0 Å². The fourth-order valence-electron chi connectivity index (χ4n) is 2.41. The van der Waals surface area contributed by atoms with Gasteiger partial charge in [0.2, 0.25) is 10.0 Å². The molecular weight excluding hydrogens is 388 g/mol. The van der Waals surface area contributed by atoms with Gasteiger partial charge in [-0.15, -0.1) is 11.3 Å². The monoisotopic (exact) mass is 404 g/mol. The first-order chi connectivity index (χ1) is 12.9. The maximum Gasteiger partial charge on any atom is 0.252 e.